The number of nitrogens with zero attached hydrogens (tertiary/aromatic N) is 2. The number of hydrogen-bond donors (Lipinski definition) is 1. The van der Waals surface area contributed by atoms with Crippen LogP contribution >= 0.6 is 0 Å². The molecule has 2 aliphatic heterocycles. The second kappa shape index (κ2) is 9.03. The minimum Gasteiger partial charge on any atom is -0.408 e. The maximum atomic E-state index is 13.0. The highest BCUT2D eigenvalue weighted by Crippen LogP contribution is 2.55. The van der Waals surface area contributed by atoms with E-state index in [0.717, 1.165) is 18.1 Å². The van der Waals surface area contributed by atoms with E-state index in [1.54, 1.807) is 36.5 Å². The molecule has 0 spiro atoms. The van der Waals surface area contributed by atoms with Crippen molar-refractivity contribution in [3.8, 4) is 0 Å². The molecular weight excluding hydrogens is 450 g/mol. The Bertz CT molecular complexity index is 1120. The van der Waals surface area contributed by atoms with Crippen molar-refractivity contribution in [2.45, 2.75) is 89.3 Å². The number of aromatic nitrogens is 2. The molecule has 0 unspecified atom stereocenters. The number of hydrogen-bond acceptors (Lipinski definition) is 6. The number of anilines is 1. The normalized spacial score (nSPS) is 28.0. The molecule has 2 fully saturated rings. The van der Waals surface area contributed by atoms with E-state index in [2.05, 4.69) is 31.1 Å². The lowest BCUT2D eigenvalue weighted by atomic mass is 9.86. The van der Waals surface area contributed by atoms with E-state index in [-0.39, 0.29) is 18.6 Å². The van der Waals surface area contributed by atoms with Gasteiger partial charge >= 0.3 is 5.69 Å². The fraction of sp³-hybridized carbons (Fsp3) is 0.560. The van der Waals surface area contributed by atoms with Crippen molar-refractivity contribution in [2.75, 3.05) is 5.32 Å². The molecule has 0 radical (unpaired) electrons. The SMILES string of the molecule is [2H]C[C@]12O[C@@H](n3ccc(NC(=O)c4ccccc4)nc3=O)[C@H](OC1(C)C)[C@@H]2O[Si](CC)(CC)CC. The van der Waals surface area contributed by atoms with Gasteiger partial charge in [-0.15, -0.1) is 0 Å². The Morgan fingerprint density at radius 3 is 2.44 bits per heavy atom. The third-order valence-corrected chi connectivity index (χ3v) is 12.1. The fourth-order valence-corrected chi connectivity index (χ4v) is 7.77. The first-order valence-electron chi connectivity index (χ1n) is 12.6. The third kappa shape index (κ3) is 4.04. The number of benzene rings is 1. The van der Waals surface area contributed by atoms with Crippen LogP contribution in [-0.2, 0) is 13.9 Å². The molecule has 1 N–H and O–H groups in total. The zero-order valence-electron chi connectivity index (χ0n) is 21.5. The van der Waals surface area contributed by atoms with Gasteiger partial charge in [0.15, 0.2) is 14.5 Å². The van der Waals surface area contributed by atoms with Gasteiger partial charge < -0.3 is 19.2 Å². The molecule has 4 rings (SSSR count). The molecule has 184 valence electrons. The lowest BCUT2D eigenvalue weighted by Crippen LogP contribution is -2.54. The number of rotatable bonds is 8. The first-order valence-corrected chi connectivity index (χ1v) is 14.5. The highest BCUT2D eigenvalue weighted by molar-refractivity contribution is 6.73. The van der Waals surface area contributed by atoms with Gasteiger partial charge in [0.1, 0.15) is 23.6 Å². The van der Waals surface area contributed by atoms with Crippen LogP contribution in [0, 0.1) is 0 Å². The molecule has 2 aliphatic rings. The van der Waals surface area contributed by atoms with Crippen LogP contribution in [0.5, 0.6) is 0 Å². The molecule has 3 heterocycles. The van der Waals surface area contributed by atoms with Crippen molar-refractivity contribution in [1.82, 2.24) is 9.55 Å². The zero-order chi connectivity index (χ0) is 25.4. The van der Waals surface area contributed by atoms with Crippen LogP contribution in [0.25, 0.3) is 0 Å². The Hall–Kier alpha value is -2.33. The molecule has 2 saturated heterocycles. The minimum atomic E-state index is -2.05. The zero-order valence-corrected chi connectivity index (χ0v) is 21.5. The predicted octanol–water partition coefficient (Wildman–Crippen LogP) is 4.35. The van der Waals surface area contributed by atoms with Crippen LogP contribution in [0.1, 0.15) is 59.5 Å². The minimum absolute atomic E-state index is 0.0489. The molecular formula is C25H35N3O5Si. The topological polar surface area (TPSA) is 91.7 Å². The van der Waals surface area contributed by atoms with E-state index in [4.69, 9.17) is 15.3 Å². The lowest BCUT2D eigenvalue weighted by Gasteiger charge is -2.42. The van der Waals surface area contributed by atoms with Crippen molar-refractivity contribution in [1.29, 1.82) is 0 Å². The summed E-state index contributed by atoms with van der Waals surface area (Å²) in [5.41, 5.74) is -1.84. The Morgan fingerprint density at radius 1 is 1.18 bits per heavy atom. The summed E-state index contributed by atoms with van der Waals surface area (Å²) in [6.45, 7) is 10.3. The van der Waals surface area contributed by atoms with Crippen molar-refractivity contribution in [3.63, 3.8) is 0 Å². The first-order chi connectivity index (χ1) is 16.7. The standard InChI is InChI=1S/C25H35N3O5Si/c1-7-34(8-2,9-3)33-20-19-22(32-25(20,6)24(4,5)31-19)28-16-15-18(27-23(28)30)26-21(29)17-13-11-10-12-14-17/h10-16,19-20,22H,7-9H2,1-6H3,(H,26,27,29,30)/t19-,20+,22-,25-/m1/s1/i6D. The number of ether oxygens (including phenoxy) is 2. The molecule has 1 amide bonds. The summed E-state index contributed by atoms with van der Waals surface area (Å²) in [6, 6.07) is 13.2. The first kappa shape index (κ1) is 23.4. The van der Waals surface area contributed by atoms with Crippen LogP contribution in [0.4, 0.5) is 5.82 Å². The summed E-state index contributed by atoms with van der Waals surface area (Å²) >= 11 is 0. The molecule has 0 aliphatic carbocycles. The Labute approximate surface area is 203 Å². The van der Waals surface area contributed by atoms with Gasteiger partial charge in [0, 0.05) is 13.1 Å². The summed E-state index contributed by atoms with van der Waals surface area (Å²) in [4.78, 5) is 29.5. The average Bonchev–Trinajstić information content (AvgIpc) is 3.27. The molecule has 1 aromatic heterocycles. The van der Waals surface area contributed by atoms with E-state index in [1.165, 1.54) is 4.57 Å². The third-order valence-electron chi connectivity index (χ3n) is 7.51. The second-order valence-corrected chi connectivity index (χ2v) is 14.3. The van der Waals surface area contributed by atoms with Gasteiger partial charge in [-0.2, -0.15) is 4.98 Å². The van der Waals surface area contributed by atoms with Crippen LogP contribution < -0.4 is 11.0 Å². The van der Waals surface area contributed by atoms with E-state index < -0.39 is 43.6 Å². The summed E-state index contributed by atoms with van der Waals surface area (Å²) < 4.78 is 29.5. The van der Waals surface area contributed by atoms with E-state index in [0.29, 0.717) is 5.56 Å². The van der Waals surface area contributed by atoms with Crippen molar-refractivity contribution < 1.29 is 20.1 Å². The van der Waals surface area contributed by atoms with Gasteiger partial charge in [-0.1, -0.05) is 39.0 Å². The molecule has 4 atom stereocenters. The van der Waals surface area contributed by atoms with Gasteiger partial charge in [0.25, 0.3) is 5.91 Å². The van der Waals surface area contributed by atoms with Gasteiger partial charge in [-0.05, 0) is 57.1 Å². The fourth-order valence-electron chi connectivity index (χ4n) is 4.91. The van der Waals surface area contributed by atoms with E-state index in [9.17, 15) is 9.59 Å². The molecule has 9 heteroatoms. The molecule has 8 nitrogen and oxygen atoms in total. The van der Waals surface area contributed by atoms with Crippen LogP contribution in [-0.4, -0.2) is 47.2 Å². The Morgan fingerprint density at radius 2 is 1.85 bits per heavy atom. The number of fused-ring (bicyclic) bond motifs is 2. The van der Waals surface area contributed by atoms with Crippen LogP contribution in [0.2, 0.25) is 18.1 Å². The van der Waals surface area contributed by atoms with Crippen LogP contribution in [0.3, 0.4) is 0 Å². The summed E-state index contributed by atoms with van der Waals surface area (Å²) in [5.74, 6) is -0.194. The smallest absolute Gasteiger partial charge is 0.351 e. The molecule has 1 aromatic carbocycles. The second-order valence-electron chi connectivity index (χ2n) is 9.60. The summed E-state index contributed by atoms with van der Waals surface area (Å²) in [7, 11) is -2.05. The van der Waals surface area contributed by atoms with Crippen LogP contribution in [0.15, 0.2) is 47.4 Å². The Balaban J connectivity index is 1.62. The summed E-state index contributed by atoms with van der Waals surface area (Å²) in [5, 5.41) is 2.66. The van der Waals surface area contributed by atoms with Crippen molar-refractivity contribution in [2.24, 2.45) is 0 Å². The van der Waals surface area contributed by atoms with Crippen molar-refractivity contribution >= 4 is 20.0 Å². The van der Waals surface area contributed by atoms with Crippen molar-refractivity contribution in [3.05, 3.63) is 58.6 Å². The molecule has 2 bridgehead atoms. The highest BCUT2D eigenvalue weighted by atomic mass is 28.4. The van der Waals surface area contributed by atoms with E-state index >= 15 is 0 Å². The van der Waals surface area contributed by atoms with Gasteiger partial charge in [-0.3, -0.25) is 9.36 Å². The highest BCUT2D eigenvalue weighted by Gasteiger charge is 2.70. The Kier molecular flexibility index (Phi) is 6.22. The lowest BCUT2D eigenvalue weighted by molar-refractivity contribution is -0.242. The maximum absolute atomic E-state index is 13.0. The van der Waals surface area contributed by atoms with Gasteiger partial charge in [0.05, 0.1) is 5.60 Å². The quantitative estimate of drug-likeness (QED) is 0.558. The molecule has 2 aromatic rings. The monoisotopic (exact) mass is 486 g/mol. The van der Waals surface area contributed by atoms with Gasteiger partial charge in [0.2, 0.25) is 0 Å². The summed E-state index contributed by atoms with van der Waals surface area (Å²) in [6.07, 6.45) is -0.210. The van der Waals surface area contributed by atoms with Gasteiger partial charge in [-0.25, -0.2) is 4.79 Å². The maximum Gasteiger partial charge on any atom is 0.351 e. The predicted molar refractivity (Wildman–Crippen MR) is 132 cm³/mol. The molecule has 34 heavy (non-hydrogen) atoms. The number of carbonyl (C=O) groups excluding carboxylic acids is 1. The van der Waals surface area contributed by atoms with E-state index in [1.807, 2.05) is 19.9 Å². The largest absolute Gasteiger partial charge is 0.408 e. The average molecular weight is 487 g/mol. The molecule has 0 saturated carbocycles. The number of carbonyl (C=O) groups is 1. The number of amides is 1. The number of nitrogens with one attached hydrogen (secondary N) is 1.